The van der Waals surface area contributed by atoms with Crippen molar-refractivity contribution in [1.82, 2.24) is 19.8 Å². The van der Waals surface area contributed by atoms with Crippen molar-refractivity contribution in [3.05, 3.63) is 23.6 Å². The van der Waals surface area contributed by atoms with Crippen LogP contribution in [0.1, 0.15) is 6.42 Å². The molecule has 0 N–H and O–H groups in total. The molecule has 1 fully saturated rings. The van der Waals surface area contributed by atoms with Crippen molar-refractivity contribution in [3.63, 3.8) is 0 Å². The van der Waals surface area contributed by atoms with Crippen molar-refractivity contribution in [2.24, 2.45) is 0 Å². The van der Waals surface area contributed by atoms with Crippen LogP contribution in [0, 0.1) is 0 Å². The highest BCUT2D eigenvalue weighted by atomic mass is 35.5. The van der Waals surface area contributed by atoms with E-state index >= 15 is 0 Å². The molecule has 25 heavy (non-hydrogen) atoms. The lowest BCUT2D eigenvalue weighted by molar-refractivity contribution is -0.133. The molecule has 2 aromatic rings. The van der Waals surface area contributed by atoms with E-state index in [0.717, 1.165) is 0 Å². The molecular weight excluding hydrogens is 344 g/mol. The molecule has 1 aliphatic heterocycles. The lowest BCUT2D eigenvalue weighted by Gasteiger charge is -2.21. The summed E-state index contributed by atoms with van der Waals surface area (Å²) in [6.45, 7) is 0.663. The number of carbonyl (C=O) groups is 1. The maximum atomic E-state index is 12.3. The average molecular weight is 365 g/mol. The third kappa shape index (κ3) is 3.48. The van der Waals surface area contributed by atoms with Crippen LogP contribution in [0.25, 0.3) is 10.9 Å². The number of benzene rings is 1. The Labute approximate surface area is 151 Å². The van der Waals surface area contributed by atoms with E-state index in [9.17, 15) is 4.79 Å². The normalized spacial score (nSPS) is 20.7. The van der Waals surface area contributed by atoms with Gasteiger partial charge in [-0.3, -0.25) is 9.69 Å². The fraction of sp³-hybridized carbons (Fsp3) is 0.471. The second-order valence-corrected chi connectivity index (χ2v) is 6.71. The highest BCUT2D eigenvalue weighted by Crippen LogP contribution is 2.35. The monoisotopic (exact) mass is 364 g/mol. The fourth-order valence-corrected chi connectivity index (χ4v) is 3.28. The number of nitrogens with zero attached hydrogens (tertiary/aromatic N) is 4. The number of ether oxygens (including phenoxy) is 2. The number of amides is 1. The molecule has 0 aliphatic carbocycles. The predicted octanol–water partition coefficient (Wildman–Crippen LogP) is 1.83. The molecule has 0 saturated carbocycles. The highest BCUT2D eigenvalue weighted by molar-refractivity contribution is 6.34. The van der Waals surface area contributed by atoms with Gasteiger partial charge in [0.25, 0.3) is 0 Å². The van der Waals surface area contributed by atoms with E-state index in [4.69, 9.17) is 21.1 Å². The van der Waals surface area contributed by atoms with Gasteiger partial charge < -0.3 is 14.4 Å². The summed E-state index contributed by atoms with van der Waals surface area (Å²) >= 11 is 6.12. The first kappa shape index (κ1) is 17.7. The van der Waals surface area contributed by atoms with E-state index in [1.54, 1.807) is 38.2 Å². The number of hydrogen-bond donors (Lipinski definition) is 0. The van der Waals surface area contributed by atoms with E-state index in [1.807, 2.05) is 11.9 Å². The Kier molecular flexibility index (Phi) is 4.96. The average Bonchev–Trinajstić information content (AvgIpc) is 2.94. The minimum absolute atomic E-state index is 0.0820. The van der Waals surface area contributed by atoms with Gasteiger partial charge in [-0.2, -0.15) is 0 Å². The summed E-state index contributed by atoms with van der Waals surface area (Å²) < 4.78 is 11.6. The first-order valence-electron chi connectivity index (χ1n) is 7.97. The lowest BCUT2D eigenvalue weighted by atomic mass is 10.1. The molecule has 2 heterocycles. The molecule has 1 aromatic carbocycles. The molecule has 2 atom stereocenters. The fourth-order valence-electron chi connectivity index (χ4n) is 3.09. The molecule has 1 amide bonds. The van der Waals surface area contributed by atoms with Gasteiger partial charge in [-0.15, -0.1) is 0 Å². The Morgan fingerprint density at radius 1 is 1.32 bits per heavy atom. The highest BCUT2D eigenvalue weighted by Gasteiger charge is 2.36. The summed E-state index contributed by atoms with van der Waals surface area (Å²) in [6.07, 6.45) is 1.93. The molecule has 3 rings (SSSR count). The van der Waals surface area contributed by atoms with Crippen LogP contribution in [0.3, 0.4) is 0 Å². The molecule has 0 unspecified atom stereocenters. The number of likely N-dealkylation sites (tertiary alicyclic amines) is 1. The van der Waals surface area contributed by atoms with Crippen LogP contribution in [0.15, 0.2) is 18.5 Å². The van der Waals surface area contributed by atoms with Gasteiger partial charge in [0.15, 0.2) is 11.5 Å². The van der Waals surface area contributed by atoms with Crippen LogP contribution in [-0.4, -0.2) is 72.6 Å². The summed E-state index contributed by atoms with van der Waals surface area (Å²) in [5.74, 6) is 1.23. The Morgan fingerprint density at radius 2 is 2.08 bits per heavy atom. The summed E-state index contributed by atoms with van der Waals surface area (Å²) in [7, 11) is 7.03. The van der Waals surface area contributed by atoms with Gasteiger partial charge in [0.2, 0.25) is 5.91 Å². The minimum atomic E-state index is -0.178. The molecule has 8 heteroatoms. The van der Waals surface area contributed by atoms with Gasteiger partial charge in [0, 0.05) is 38.5 Å². The van der Waals surface area contributed by atoms with E-state index < -0.39 is 0 Å². The molecule has 134 valence electrons. The molecule has 1 aliphatic rings. The molecule has 1 saturated heterocycles. The molecule has 0 radical (unpaired) electrons. The van der Waals surface area contributed by atoms with Crippen molar-refractivity contribution in [1.29, 1.82) is 0 Å². The van der Waals surface area contributed by atoms with Crippen molar-refractivity contribution in [2.45, 2.75) is 18.6 Å². The maximum Gasteiger partial charge on any atom is 0.239 e. The number of carbonyl (C=O) groups excluding carboxylic acids is 1. The lowest BCUT2D eigenvalue weighted by Crippen LogP contribution is -2.40. The Hall–Kier alpha value is -2.12. The molecule has 0 bridgehead atoms. The van der Waals surface area contributed by atoms with Crippen LogP contribution < -0.4 is 9.47 Å². The largest absolute Gasteiger partial charge is 0.493 e. The van der Waals surface area contributed by atoms with Crippen molar-refractivity contribution < 1.29 is 14.3 Å². The quantitative estimate of drug-likeness (QED) is 0.771. The van der Waals surface area contributed by atoms with Crippen molar-refractivity contribution in [3.8, 4) is 11.5 Å². The maximum absolute atomic E-state index is 12.3. The number of fused-ring (bicyclic) bond motifs is 1. The Bertz CT molecular complexity index is 799. The molecule has 0 spiro atoms. The van der Waals surface area contributed by atoms with Gasteiger partial charge in [0.05, 0.1) is 18.7 Å². The van der Waals surface area contributed by atoms with E-state index in [2.05, 4.69) is 9.97 Å². The Morgan fingerprint density at radius 3 is 2.76 bits per heavy atom. The third-order valence-corrected chi connectivity index (χ3v) is 4.70. The van der Waals surface area contributed by atoms with Crippen molar-refractivity contribution >= 4 is 28.4 Å². The number of hydrogen-bond acceptors (Lipinski definition) is 6. The standard InChI is InChI=1S/C17H21ClN4O3/c1-21(2)17(23)13-5-10(8-22(13)3)25-15-7-12-11(6-14(15)24-4)16(18)20-9-19-12/h6-7,9-10,13H,5,8H2,1-4H3/t10-,13-/m0/s1. The van der Waals surface area contributed by atoms with Gasteiger partial charge in [-0.25, -0.2) is 9.97 Å². The second kappa shape index (κ2) is 7.01. The van der Waals surface area contributed by atoms with Crippen LogP contribution in [0.5, 0.6) is 11.5 Å². The summed E-state index contributed by atoms with van der Waals surface area (Å²) in [5, 5.41) is 1.07. The smallest absolute Gasteiger partial charge is 0.239 e. The molecular formula is C17H21ClN4O3. The SMILES string of the molecule is COc1cc2c(Cl)ncnc2cc1O[C@H]1C[C@@H](C(=O)N(C)C)N(C)C1. The number of methoxy groups -OCH3 is 1. The van der Waals surface area contributed by atoms with Crippen LogP contribution in [0.4, 0.5) is 0 Å². The molecule has 7 nitrogen and oxygen atoms in total. The van der Waals surface area contributed by atoms with Crippen LogP contribution in [-0.2, 0) is 4.79 Å². The number of halogens is 1. The van der Waals surface area contributed by atoms with Gasteiger partial charge >= 0.3 is 0 Å². The van der Waals surface area contributed by atoms with Gasteiger partial charge in [0.1, 0.15) is 17.6 Å². The van der Waals surface area contributed by atoms with Gasteiger partial charge in [-0.05, 0) is 13.1 Å². The minimum Gasteiger partial charge on any atom is -0.493 e. The van der Waals surface area contributed by atoms with Crippen LogP contribution >= 0.6 is 11.6 Å². The van der Waals surface area contributed by atoms with Gasteiger partial charge in [-0.1, -0.05) is 11.6 Å². The molecule has 1 aromatic heterocycles. The Balaban J connectivity index is 1.85. The van der Waals surface area contributed by atoms with Crippen molar-refractivity contribution in [2.75, 3.05) is 34.8 Å². The zero-order valence-electron chi connectivity index (χ0n) is 14.7. The zero-order valence-corrected chi connectivity index (χ0v) is 15.4. The summed E-state index contributed by atoms with van der Waals surface area (Å²) in [5.41, 5.74) is 0.683. The first-order valence-corrected chi connectivity index (χ1v) is 8.34. The third-order valence-electron chi connectivity index (χ3n) is 4.40. The number of aromatic nitrogens is 2. The summed E-state index contributed by atoms with van der Waals surface area (Å²) in [4.78, 5) is 24.1. The topological polar surface area (TPSA) is 67.8 Å². The van der Waals surface area contributed by atoms with Crippen LogP contribution in [0.2, 0.25) is 5.15 Å². The number of likely N-dealkylation sites (N-methyl/N-ethyl adjacent to an activating group) is 2. The second-order valence-electron chi connectivity index (χ2n) is 6.35. The van der Waals surface area contributed by atoms with E-state index in [1.165, 1.54) is 6.33 Å². The predicted molar refractivity (Wildman–Crippen MR) is 95.2 cm³/mol. The number of rotatable bonds is 4. The summed E-state index contributed by atoms with van der Waals surface area (Å²) in [6, 6.07) is 3.39. The van der Waals surface area contributed by atoms with E-state index in [0.29, 0.717) is 40.5 Å². The zero-order chi connectivity index (χ0) is 18.1. The van der Waals surface area contributed by atoms with E-state index in [-0.39, 0.29) is 18.1 Å². The first-order chi connectivity index (χ1) is 11.9.